The second-order valence-electron chi connectivity index (χ2n) is 7.97. The molecule has 0 saturated carbocycles. The van der Waals surface area contributed by atoms with E-state index in [1.807, 2.05) is 13.8 Å². The molecule has 2 aromatic heterocycles. The smallest absolute Gasteiger partial charge is 0.355 e. The molecule has 12 heteroatoms. The first kappa shape index (κ1) is 27.4. The molecular formula is C23H33N5O7. The first-order valence-electron chi connectivity index (χ1n) is 11.5. The molecule has 35 heavy (non-hydrogen) atoms. The zero-order chi connectivity index (χ0) is 26.3. The Balaban J connectivity index is 2.31. The number of nitrogens with one attached hydrogen (secondary N) is 2. The van der Waals surface area contributed by atoms with Crippen molar-refractivity contribution in [3.8, 4) is 0 Å². The normalized spacial score (nSPS) is 10.8. The molecule has 4 N–H and O–H groups in total. The molecule has 2 rings (SSSR count). The summed E-state index contributed by atoms with van der Waals surface area (Å²) in [6.07, 6.45) is 1.84. The number of aromatic amines is 2. The van der Waals surface area contributed by atoms with Crippen LogP contribution in [0.25, 0.3) is 0 Å². The van der Waals surface area contributed by atoms with Crippen LogP contribution in [-0.2, 0) is 20.8 Å². The number of aromatic nitrogens is 3. The molecule has 0 atom stereocenters. The van der Waals surface area contributed by atoms with Crippen molar-refractivity contribution in [2.24, 2.45) is 0 Å². The Kier molecular flexibility index (Phi) is 9.43. The number of hydrogen-bond acceptors (Lipinski definition) is 8. The number of nitrogens with two attached hydrogens (primary N) is 1. The second-order valence-corrected chi connectivity index (χ2v) is 7.97. The van der Waals surface area contributed by atoms with Gasteiger partial charge in [0.25, 0.3) is 11.5 Å². The number of hydrogen-bond donors (Lipinski definition) is 3. The molecular weight excluding hydrogens is 458 g/mol. The van der Waals surface area contributed by atoms with Gasteiger partial charge in [0.1, 0.15) is 11.5 Å². The van der Waals surface area contributed by atoms with E-state index in [1.165, 1.54) is 4.57 Å². The summed E-state index contributed by atoms with van der Waals surface area (Å²) in [6, 6.07) is 0. The largest absolute Gasteiger partial charge is 0.462 e. The molecule has 0 unspecified atom stereocenters. The van der Waals surface area contributed by atoms with Crippen molar-refractivity contribution in [2.75, 3.05) is 30.4 Å². The van der Waals surface area contributed by atoms with Gasteiger partial charge in [0.05, 0.1) is 12.2 Å². The van der Waals surface area contributed by atoms with Gasteiger partial charge in [0.15, 0.2) is 12.3 Å². The summed E-state index contributed by atoms with van der Waals surface area (Å²) < 4.78 is 11.4. The Bertz CT molecular complexity index is 1210. The minimum atomic E-state index is -0.845. The van der Waals surface area contributed by atoms with Gasteiger partial charge in [-0.25, -0.2) is 14.4 Å². The Morgan fingerprint density at radius 2 is 1.69 bits per heavy atom. The maximum Gasteiger partial charge on any atom is 0.355 e. The van der Waals surface area contributed by atoms with Crippen molar-refractivity contribution in [3.05, 3.63) is 43.4 Å². The van der Waals surface area contributed by atoms with Gasteiger partial charge in [0.2, 0.25) is 0 Å². The van der Waals surface area contributed by atoms with Gasteiger partial charge in [-0.1, -0.05) is 20.3 Å². The number of carbonyl (C=O) groups is 3. The maximum atomic E-state index is 13.1. The number of nitrogen functional groups attached to an aromatic ring is 1. The fourth-order valence-corrected chi connectivity index (χ4v) is 3.70. The number of ether oxygens (including phenoxy) is 2. The number of nitrogens with zero attached hydrogens (tertiary/aromatic N) is 2. The number of esters is 2. The lowest BCUT2D eigenvalue weighted by Crippen LogP contribution is -2.43. The average molecular weight is 492 g/mol. The fourth-order valence-electron chi connectivity index (χ4n) is 3.70. The average Bonchev–Trinajstić information content (AvgIpc) is 3.10. The van der Waals surface area contributed by atoms with E-state index in [1.54, 1.807) is 20.8 Å². The van der Waals surface area contributed by atoms with Crippen LogP contribution in [-0.4, -0.2) is 52.1 Å². The summed E-state index contributed by atoms with van der Waals surface area (Å²) >= 11 is 0. The monoisotopic (exact) mass is 491 g/mol. The second kappa shape index (κ2) is 12.0. The quantitative estimate of drug-likeness (QED) is 0.398. The van der Waals surface area contributed by atoms with E-state index >= 15 is 0 Å². The van der Waals surface area contributed by atoms with Crippen LogP contribution in [0.5, 0.6) is 0 Å². The molecule has 0 radical (unpaired) electrons. The predicted octanol–water partition coefficient (Wildman–Crippen LogP) is 1.64. The Morgan fingerprint density at radius 3 is 2.29 bits per heavy atom. The summed E-state index contributed by atoms with van der Waals surface area (Å²) in [5, 5.41) is 0. The topological polar surface area (TPSA) is 170 Å². The molecule has 0 aliphatic heterocycles. The third kappa shape index (κ3) is 6.00. The molecule has 0 saturated heterocycles. The van der Waals surface area contributed by atoms with Crippen LogP contribution >= 0.6 is 0 Å². The van der Waals surface area contributed by atoms with Gasteiger partial charge in [-0.2, -0.15) is 0 Å². The van der Waals surface area contributed by atoms with Crippen molar-refractivity contribution >= 4 is 29.4 Å². The lowest BCUT2D eigenvalue weighted by molar-refractivity contribution is -0.121. The number of unbranched alkanes of at least 4 members (excludes halogenated alkanes) is 1. The third-order valence-electron chi connectivity index (χ3n) is 5.42. The van der Waals surface area contributed by atoms with E-state index in [2.05, 4.69) is 9.97 Å². The molecule has 0 bridgehead atoms. The van der Waals surface area contributed by atoms with E-state index in [0.29, 0.717) is 30.5 Å². The van der Waals surface area contributed by atoms with Crippen molar-refractivity contribution in [3.63, 3.8) is 0 Å². The highest BCUT2D eigenvalue weighted by Gasteiger charge is 2.27. The van der Waals surface area contributed by atoms with E-state index < -0.39 is 35.7 Å². The van der Waals surface area contributed by atoms with E-state index in [0.717, 1.165) is 4.90 Å². The zero-order valence-electron chi connectivity index (χ0n) is 20.8. The third-order valence-corrected chi connectivity index (χ3v) is 5.42. The van der Waals surface area contributed by atoms with Gasteiger partial charge >= 0.3 is 17.6 Å². The lowest BCUT2D eigenvalue weighted by atomic mass is 10.1. The predicted molar refractivity (Wildman–Crippen MR) is 130 cm³/mol. The first-order valence-corrected chi connectivity index (χ1v) is 11.5. The number of H-pyrrole nitrogens is 2. The summed E-state index contributed by atoms with van der Waals surface area (Å²) in [7, 11) is 0. The van der Waals surface area contributed by atoms with Gasteiger partial charge in [0, 0.05) is 18.8 Å². The lowest BCUT2D eigenvalue weighted by Gasteiger charge is -2.24. The molecule has 0 aliphatic rings. The van der Waals surface area contributed by atoms with Crippen LogP contribution in [0, 0.1) is 13.8 Å². The van der Waals surface area contributed by atoms with Gasteiger partial charge in [-0.15, -0.1) is 0 Å². The minimum absolute atomic E-state index is 0.0207. The number of amides is 1. The Hall–Kier alpha value is -3.83. The summed E-state index contributed by atoms with van der Waals surface area (Å²) in [6.45, 7) is 8.50. The summed E-state index contributed by atoms with van der Waals surface area (Å²) in [5.41, 5.74) is 5.51. The van der Waals surface area contributed by atoms with E-state index in [9.17, 15) is 24.0 Å². The molecule has 2 heterocycles. The molecule has 2 aromatic rings. The molecule has 0 spiro atoms. The van der Waals surface area contributed by atoms with Crippen LogP contribution in [0.15, 0.2) is 9.59 Å². The number of carbonyl (C=O) groups excluding carboxylic acids is 3. The molecule has 0 aliphatic carbocycles. The van der Waals surface area contributed by atoms with E-state index in [4.69, 9.17) is 15.2 Å². The summed E-state index contributed by atoms with van der Waals surface area (Å²) in [5.74, 6) is -2.23. The Labute approximate surface area is 202 Å². The van der Waals surface area contributed by atoms with Crippen molar-refractivity contribution in [1.82, 2.24) is 14.5 Å². The van der Waals surface area contributed by atoms with Crippen LogP contribution in [0.1, 0.15) is 72.1 Å². The molecule has 192 valence electrons. The van der Waals surface area contributed by atoms with Crippen LogP contribution in [0.3, 0.4) is 0 Å². The summed E-state index contributed by atoms with van der Waals surface area (Å²) in [4.78, 5) is 68.8. The first-order chi connectivity index (χ1) is 16.6. The molecule has 1 amide bonds. The molecule has 0 aromatic carbocycles. The molecule has 12 nitrogen and oxygen atoms in total. The van der Waals surface area contributed by atoms with Crippen LogP contribution < -0.4 is 21.9 Å². The van der Waals surface area contributed by atoms with Crippen molar-refractivity contribution in [2.45, 2.75) is 60.4 Å². The SMILES string of the molecule is CCCCN(C(=O)COC(=O)c1[nH]c(C)c(C(=O)OCC)c1C)c1c(N)n(CCC)c(=O)[nH]c1=O. The zero-order valence-corrected chi connectivity index (χ0v) is 20.8. The number of anilines is 2. The maximum absolute atomic E-state index is 13.1. The van der Waals surface area contributed by atoms with E-state index in [-0.39, 0.29) is 42.5 Å². The fraction of sp³-hybridized carbons (Fsp3) is 0.522. The number of aryl methyl sites for hydroxylation is 1. The highest BCUT2D eigenvalue weighted by Crippen LogP contribution is 2.21. The molecule has 0 fully saturated rings. The highest BCUT2D eigenvalue weighted by molar-refractivity contribution is 6.00. The van der Waals surface area contributed by atoms with Crippen molar-refractivity contribution < 1.29 is 23.9 Å². The van der Waals surface area contributed by atoms with Gasteiger partial charge < -0.3 is 25.1 Å². The standard InChI is InChI=1S/C23H33N5O7/c1-6-9-11-27(18-19(24)28(10-7-2)23(33)26-20(18)30)15(29)12-35-22(32)17-13(4)16(14(5)25-17)21(31)34-8-3/h25H,6-12,24H2,1-5H3,(H,26,30,33). The van der Waals surface area contributed by atoms with Crippen LogP contribution in [0.2, 0.25) is 0 Å². The van der Waals surface area contributed by atoms with Crippen molar-refractivity contribution in [1.29, 1.82) is 0 Å². The number of rotatable bonds is 11. The highest BCUT2D eigenvalue weighted by atomic mass is 16.5. The van der Waals surface area contributed by atoms with Gasteiger partial charge in [-0.3, -0.25) is 19.1 Å². The minimum Gasteiger partial charge on any atom is -0.462 e. The van der Waals surface area contributed by atoms with Gasteiger partial charge in [-0.05, 0) is 39.2 Å². The van der Waals surface area contributed by atoms with Crippen LogP contribution in [0.4, 0.5) is 11.5 Å². The Morgan fingerprint density at radius 1 is 1.00 bits per heavy atom.